The van der Waals surface area contributed by atoms with E-state index in [0.717, 1.165) is 19.3 Å². The Morgan fingerprint density at radius 1 is 1.23 bits per heavy atom. The van der Waals surface area contributed by atoms with Crippen molar-refractivity contribution in [3.63, 3.8) is 0 Å². The van der Waals surface area contributed by atoms with Gasteiger partial charge in [-0.25, -0.2) is 0 Å². The van der Waals surface area contributed by atoms with E-state index in [1.165, 1.54) is 0 Å². The molecule has 1 atom stereocenters. The van der Waals surface area contributed by atoms with Crippen molar-refractivity contribution in [1.29, 1.82) is 0 Å². The highest BCUT2D eigenvalue weighted by Crippen LogP contribution is 2.11. The lowest BCUT2D eigenvalue weighted by Gasteiger charge is -2.14. The third-order valence-corrected chi connectivity index (χ3v) is 2.36. The van der Waals surface area contributed by atoms with Crippen LogP contribution in [0.2, 0.25) is 0 Å². The number of ether oxygens (including phenoxy) is 1. The predicted molar refractivity (Wildman–Crippen MR) is 54.5 cm³/mol. The van der Waals surface area contributed by atoms with Crippen molar-refractivity contribution in [3.8, 4) is 0 Å². The van der Waals surface area contributed by atoms with Gasteiger partial charge in [0.1, 0.15) is 0 Å². The van der Waals surface area contributed by atoms with Crippen molar-refractivity contribution in [1.82, 2.24) is 0 Å². The number of carbonyl (C=O) groups excluding carboxylic acids is 1. The summed E-state index contributed by atoms with van der Waals surface area (Å²) < 4.78 is 5.13. The molecule has 78 valence electrons. The van der Waals surface area contributed by atoms with Crippen LogP contribution < -0.4 is 0 Å². The van der Waals surface area contributed by atoms with Crippen molar-refractivity contribution >= 4 is 5.97 Å². The molecule has 0 bridgehead atoms. The molecule has 0 radical (unpaired) electrons. The van der Waals surface area contributed by atoms with Gasteiger partial charge in [0.15, 0.2) is 0 Å². The summed E-state index contributed by atoms with van der Waals surface area (Å²) in [5.41, 5.74) is 0. The van der Waals surface area contributed by atoms with Crippen molar-refractivity contribution in [2.45, 2.75) is 47.0 Å². The highest BCUT2D eigenvalue weighted by Gasteiger charge is 2.17. The first-order valence-electron chi connectivity index (χ1n) is 5.26. The number of rotatable bonds is 6. The molecule has 13 heavy (non-hydrogen) atoms. The van der Waals surface area contributed by atoms with E-state index in [2.05, 4.69) is 6.92 Å². The second kappa shape index (κ2) is 6.93. The van der Waals surface area contributed by atoms with E-state index >= 15 is 0 Å². The van der Waals surface area contributed by atoms with Crippen LogP contribution in [-0.2, 0) is 9.53 Å². The average molecular weight is 186 g/mol. The van der Waals surface area contributed by atoms with Crippen LogP contribution in [0, 0.1) is 11.8 Å². The summed E-state index contributed by atoms with van der Waals surface area (Å²) in [6.07, 6.45) is 3.30. The summed E-state index contributed by atoms with van der Waals surface area (Å²) >= 11 is 0. The van der Waals surface area contributed by atoms with E-state index < -0.39 is 0 Å². The molecule has 0 heterocycles. The van der Waals surface area contributed by atoms with Crippen LogP contribution in [0.3, 0.4) is 0 Å². The molecule has 0 aliphatic carbocycles. The van der Waals surface area contributed by atoms with Crippen molar-refractivity contribution in [3.05, 3.63) is 0 Å². The first-order valence-corrected chi connectivity index (χ1v) is 5.26. The zero-order chi connectivity index (χ0) is 10.3. The molecule has 0 rings (SSSR count). The van der Waals surface area contributed by atoms with Crippen molar-refractivity contribution in [2.24, 2.45) is 11.8 Å². The monoisotopic (exact) mass is 186 g/mol. The average Bonchev–Trinajstić information content (AvgIpc) is 2.10. The first kappa shape index (κ1) is 12.5. The van der Waals surface area contributed by atoms with Crippen LogP contribution in [0.25, 0.3) is 0 Å². The van der Waals surface area contributed by atoms with Crippen LogP contribution >= 0.6 is 0 Å². The summed E-state index contributed by atoms with van der Waals surface area (Å²) in [6.45, 7) is 8.73. The molecule has 0 spiro atoms. The maximum Gasteiger partial charge on any atom is 0.308 e. The molecule has 0 N–H and O–H groups in total. The molecule has 2 nitrogen and oxygen atoms in total. The molecule has 1 unspecified atom stereocenters. The molecule has 0 aliphatic heterocycles. The van der Waals surface area contributed by atoms with Crippen molar-refractivity contribution in [2.75, 3.05) is 6.61 Å². The topological polar surface area (TPSA) is 26.3 Å². The van der Waals surface area contributed by atoms with Crippen LogP contribution in [0.4, 0.5) is 0 Å². The smallest absolute Gasteiger partial charge is 0.308 e. The Morgan fingerprint density at radius 3 is 2.31 bits per heavy atom. The number of unbranched alkanes of at least 4 members (excludes halogenated alkanes) is 2. The van der Waals surface area contributed by atoms with Gasteiger partial charge >= 0.3 is 5.97 Å². The van der Waals surface area contributed by atoms with Gasteiger partial charge in [-0.2, -0.15) is 0 Å². The second-order valence-electron chi connectivity index (χ2n) is 3.91. The maximum absolute atomic E-state index is 11.3. The van der Waals surface area contributed by atoms with Gasteiger partial charge in [-0.15, -0.1) is 0 Å². The number of carbonyl (C=O) groups is 1. The van der Waals surface area contributed by atoms with E-state index in [9.17, 15) is 4.79 Å². The summed E-state index contributed by atoms with van der Waals surface area (Å²) in [5.74, 6) is 0.353. The van der Waals surface area contributed by atoms with Gasteiger partial charge in [0, 0.05) is 0 Å². The highest BCUT2D eigenvalue weighted by atomic mass is 16.5. The standard InChI is InChI=1S/C11H22O2/c1-5-6-7-8-13-11(12)10(4)9(2)3/h9-10H,5-8H2,1-4H3. The summed E-state index contributed by atoms with van der Waals surface area (Å²) in [5, 5.41) is 0. The van der Waals surface area contributed by atoms with E-state index in [4.69, 9.17) is 4.74 Å². The Hall–Kier alpha value is -0.530. The fourth-order valence-electron chi connectivity index (χ4n) is 0.928. The fraction of sp³-hybridized carbons (Fsp3) is 0.909. The van der Waals surface area contributed by atoms with Crippen molar-refractivity contribution < 1.29 is 9.53 Å². The zero-order valence-corrected chi connectivity index (χ0v) is 9.30. The molecule has 0 fully saturated rings. The molecule has 0 saturated carbocycles. The quantitative estimate of drug-likeness (QED) is 0.471. The minimum atomic E-state index is -0.0499. The molecule has 0 aromatic rings. The Morgan fingerprint density at radius 2 is 1.85 bits per heavy atom. The molecule has 0 amide bonds. The van der Waals surface area contributed by atoms with E-state index in [1.54, 1.807) is 0 Å². The van der Waals surface area contributed by atoms with Crippen LogP contribution in [0.5, 0.6) is 0 Å². The van der Waals surface area contributed by atoms with Gasteiger partial charge in [0.2, 0.25) is 0 Å². The van der Waals surface area contributed by atoms with Crippen LogP contribution in [-0.4, -0.2) is 12.6 Å². The Balaban J connectivity index is 3.50. The van der Waals surface area contributed by atoms with E-state index in [1.807, 2.05) is 20.8 Å². The number of hydrogen-bond acceptors (Lipinski definition) is 2. The minimum absolute atomic E-state index is 0.0293. The van der Waals surface area contributed by atoms with Gasteiger partial charge in [-0.05, 0) is 12.3 Å². The Labute approximate surface area is 81.7 Å². The van der Waals surface area contributed by atoms with Crippen LogP contribution in [0.15, 0.2) is 0 Å². The third kappa shape index (κ3) is 5.67. The SMILES string of the molecule is CCCCCOC(=O)C(C)C(C)C. The zero-order valence-electron chi connectivity index (χ0n) is 9.30. The summed E-state index contributed by atoms with van der Waals surface area (Å²) in [6, 6.07) is 0. The predicted octanol–water partition coefficient (Wildman–Crippen LogP) is 3.01. The number of esters is 1. The van der Waals surface area contributed by atoms with Crippen LogP contribution in [0.1, 0.15) is 47.0 Å². The minimum Gasteiger partial charge on any atom is -0.465 e. The largest absolute Gasteiger partial charge is 0.465 e. The lowest BCUT2D eigenvalue weighted by atomic mass is 9.99. The third-order valence-electron chi connectivity index (χ3n) is 2.36. The van der Waals surface area contributed by atoms with Gasteiger partial charge in [0.25, 0.3) is 0 Å². The second-order valence-corrected chi connectivity index (χ2v) is 3.91. The molecule has 0 saturated heterocycles. The summed E-state index contributed by atoms with van der Waals surface area (Å²) in [4.78, 5) is 11.3. The molecular weight excluding hydrogens is 164 g/mol. The van der Waals surface area contributed by atoms with Gasteiger partial charge in [-0.1, -0.05) is 40.5 Å². The molecule has 0 aromatic carbocycles. The maximum atomic E-state index is 11.3. The fourth-order valence-corrected chi connectivity index (χ4v) is 0.928. The first-order chi connectivity index (χ1) is 6.09. The molecule has 0 aromatic heterocycles. The molecular formula is C11H22O2. The summed E-state index contributed by atoms with van der Waals surface area (Å²) in [7, 11) is 0. The van der Waals surface area contributed by atoms with E-state index in [-0.39, 0.29) is 11.9 Å². The van der Waals surface area contributed by atoms with Gasteiger partial charge in [0.05, 0.1) is 12.5 Å². The lowest BCUT2D eigenvalue weighted by molar-refractivity contribution is -0.149. The van der Waals surface area contributed by atoms with Gasteiger partial charge in [-0.3, -0.25) is 4.79 Å². The highest BCUT2D eigenvalue weighted by molar-refractivity contribution is 5.72. The Bertz CT molecular complexity index is 141. The molecule has 0 aliphatic rings. The Kier molecular flexibility index (Phi) is 6.65. The number of hydrogen-bond donors (Lipinski definition) is 0. The lowest BCUT2D eigenvalue weighted by Crippen LogP contribution is -2.20. The van der Waals surface area contributed by atoms with Gasteiger partial charge < -0.3 is 4.74 Å². The van der Waals surface area contributed by atoms with E-state index in [0.29, 0.717) is 12.5 Å². The molecule has 2 heteroatoms. The normalized spacial score (nSPS) is 13.0.